The zero-order chi connectivity index (χ0) is 9.14. The van der Waals surface area contributed by atoms with Gasteiger partial charge in [-0.1, -0.05) is 0 Å². The number of phenolic OH excluding ortho intramolecular Hbond substituents is 1. The molecule has 1 rings (SSSR count). The van der Waals surface area contributed by atoms with E-state index in [0.717, 1.165) is 12.1 Å². The second-order valence-corrected chi connectivity index (χ2v) is 2.22. The SMILES string of the molecule is NNc1ccc(C(F)F)c(O)c1. The van der Waals surface area contributed by atoms with Crippen molar-refractivity contribution in [2.75, 3.05) is 5.43 Å². The maximum absolute atomic E-state index is 12.1. The smallest absolute Gasteiger partial charge is 0.267 e. The molecule has 66 valence electrons. The highest BCUT2D eigenvalue weighted by molar-refractivity contribution is 5.50. The van der Waals surface area contributed by atoms with Gasteiger partial charge in [0, 0.05) is 6.07 Å². The first-order valence-electron chi connectivity index (χ1n) is 3.23. The van der Waals surface area contributed by atoms with Crippen LogP contribution in [0.3, 0.4) is 0 Å². The molecule has 0 unspecified atom stereocenters. The molecule has 0 bridgehead atoms. The van der Waals surface area contributed by atoms with Crippen LogP contribution in [0, 0.1) is 0 Å². The number of rotatable bonds is 2. The van der Waals surface area contributed by atoms with Crippen LogP contribution in [0.4, 0.5) is 14.5 Å². The van der Waals surface area contributed by atoms with Gasteiger partial charge in [-0.2, -0.15) is 0 Å². The number of hydrogen-bond donors (Lipinski definition) is 3. The molecular weight excluding hydrogens is 166 g/mol. The van der Waals surface area contributed by atoms with Gasteiger partial charge in [-0.05, 0) is 12.1 Å². The molecule has 0 spiro atoms. The zero-order valence-electron chi connectivity index (χ0n) is 6.09. The monoisotopic (exact) mass is 174 g/mol. The molecule has 0 saturated heterocycles. The van der Waals surface area contributed by atoms with Gasteiger partial charge in [0.05, 0.1) is 11.3 Å². The van der Waals surface area contributed by atoms with Crippen molar-refractivity contribution < 1.29 is 13.9 Å². The Kier molecular flexibility index (Phi) is 2.44. The van der Waals surface area contributed by atoms with Gasteiger partial charge in [-0.15, -0.1) is 0 Å². The quantitative estimate of drug-likeness (QED) is 0.471. The average molecular weight is 174 g/mol. The first kappa shape index (κ1) is 8.73. The fraction of sp³-hybridized carbons (Fsp3) is 0.143. The molecule has 0 aliphatic carbocycles. The van der Waals surface area contributed by atoms with Crippen LogP contribution in [0.2, 0.25) is 0 Å². The van der Waals surface area contributed by atoms with Crippen molar-refractivity contribution in [2.45, 2.75) is 6.43 Å². The molecule has 0 atom stereocenters. The maximum Gasteiger partial charge on any atom is 0.267 e. The summed E-state index contributed by atoms with van der Waals surface area (Å²) in [5, 5.41) is 9.02. The van der Waals surface area contributed by atoms with Crippen LogP contribution in [0.5, 0.6) is 5.75 Å². The molecular formula is C7H8F2N2O. The number of hydrazine groups is 1. The lowest BCUT2D eigenvalue weighted by Gasteiger charge is -2.05. The Morgan fingerprint density at radius 3 is 2.50 bits per heavy atom. The minimum Gasteiger partial charge on any atom is -0.507 e. The summed E-state index contributed by atoms with van der Waals surface area (Å²) in [7, 11) is 0. The van der Waals surface area contributed by atoms with Crippen LogP contribution in [-0.4, -0.2) is 5.11 Å². The van der Waals surface area contributed by atoms with E-state index < -0.39 is 17.7 Å². The van der Waals surface area contributed by atoms with Crippen molar-refractivity contribution in [3.8, 4) is 5.75 Å². The van der Waals surface area contributed by atoms with Gasteiger partial charge in [0.25, 0.3) is 6.43 Å². The van der Waals surface area contributed by atoms with Crippen molar-refractivity contribution in [3.63, 3.8) is 0 Å². The van der Waals surface area contributed by atoms with E-state index in [-0.39, 0.29) is 0 Å². The highest BCUT2D eigenvalue weighted by atomic mass is 19.3. The van der Waals surface area contributed by atoms with Gasteiger partial charge in [-0.25, -0.2) is 8.78 Å². The van der Waals surface area contributed by atoms with Crippen LogP contribution in [-0.2, 0) is 0 Å². The lowest BCUT2D eigenvalue weighted by atomic mass is 10.2. The Balaban J connectivity index is 3.03. The second kappa shape index (κ2) is 3.36. The zero-order valence-corrected chi connectivity index (χ0v) is 6.09. The molecule has 0 aliphatic heterocycles. The van der Waals surface area contributed by atoms with Gasteiger partial charge >= 0.3 is 0 Å². The number of aromatic hydroxyl groups is 1. The number of hydrogen-bond acceptors (Lipinski definition) is 3. The molecule has 0 aliphatic rings. The Labute approximate surface area is 67.8 Å². The van der Waals surface area contributed by atoms with Gasteiger partial charge in [-0.3, -0.25) is 5.84 Å². The minimum atomic E-state index is -2.67. The largest absolute Gasteiger partial charge is 0.507 e. The Hall–Kier alpha value is -1.36. The van der Waals surface area contributed by atoms with Gasteiger partial charge < -0.3 is 10.5 Å². The minimum absolute atomic E-state index is 0.386. The van der Waals surface area contributed by atoms with Gasteiger partial charge in [0.2, 0.25) is 0 Å². The highest BCUT2D eigenvalue weighted by Crippen LogP contribution is 2.29. The fourth-order valence-electron chi connectivity index (χ4n) is 0.818. The predicted octanol–water partition coefficient (Wildman–Crippen LogP) is 1.62. The highest BCUT2D eigenvalue weighted by Gasteiger charge is 2.11. The molecule has 0 radical (unpaired) electrons. The van der Waals surface area contributed by atoms with Crippen molar-refractivity contribution in [3.05, 3.63) is 23.8 Å². The van der Waals surface area contributed by atoms with Crippen LogP contribution in [0.15, 0.2) is 18.2 Å². The van der Waals surface area contributed by atoms with Crippen LogP contribution in [0.1, 0.15) is 12.0 Å². The number of anilines is 1. The van der Waals surface area contributed by atoms with Crippen molar-refractivity contribution in [1.82, 2.24) is 0 Å². The van der Waals surface area contributed by atoms with E-state index in [9.17, 15) is 8.78 Å². The molecule has 1 aromatic carbocycles. The lowest BCUT2D eigenvalue weighted by Crippen LogP contribution is -2.06. The summed E-state index contributed by atoms with van der Waals surface area (Å²) in [4.78, 5) is 0. The number of halogens is 2. The van der Waals surface area contributed by atoms with E-state index in [2.05, 4.69) is 5.43 Å². The molecule has 4 N–H and O–H groups in total. The number of nitrogens with one attached hydrogen (secondary N) is 1. The number of phenols is 1. The van der Waals surface area contributed by atoms with Crippen LogP contribution >= 0.6 is 0 Å². The lowest BCUT2D eigenvalue weighted by molar-refractivity contribution is 0.147. The van der Waals surface area contributed by atoms with E-state index in [1.54, 1.807) is 0 Å². The Bertz CT molecular complexity index is 278. The third-order valence-electron chi connectivity index (χ3n) is 1.43. The number of nitrogens with two attached hydrogens (primary N) is 1. The molecule has 0 fully saturated rings. The number of alkyl halides is 2. The average Bonchev–Trinajstić information content (AvgIpc) is 2.03. The van der Waals surface area contributed by atoms with E-state index in [4.69, 9.17) is 10.9 Å². The molecule has 5 heteroatoms. The second-order valence-electron chi connectivity index (χ2n) is 2.22. The molecule has 1 aromatic rings. The first-order valence-corrected chi connectivity index (χ1v) is 3.23. The Morgan fingerprint density at radius 2 is 2.08 bits per heavy atom. The summed E-state index contributed by atoms with van der Waals surface area (Å²) in [6.07, 6.45) is -2.67. The summed E-state index contributed by atoms with van der Waals surface area (Å²) >= 11 is 0. The summed E-state index contributed by atoms with van der Waals surface area (Å²) < 4.78 is 24.1. The van der Waals surface area contributed by atoms with Crippen LogP contribution in [0.25, 0.3) is 0 Å². The van der Waals surface area contributed by atoms with Gasteiger partial charge in [0.1, 0.15) is 5.75 Å². The van der Waals surface area contributed by atoms with E-state index >= 15 is 0 Å². The van der Waals surface area contributed by atoms with E-state index in [1.165, 1.54) is 6.07 Å². The van der Waals surface area contributed by atoms with Crippen molar-refractivity contribution in [1.29, 1.82) is 0 Å². The third kappa shape index (κ3) is 1.62. The standard InChI is InChI=1S/C7H8F2N2O/c8-7(9)5-2-1-4(11-10)3-6(5)12/h1-3,7,11-12H,10H2. The maximum atomic E-state index is 12.1. The number of benzene rings is 1. The predicted molar refractivity (Wildman–Crippen MR) is 40.9 cm³/mol. The topological polar surface area (TPSA) is 58.3 Å². The summed E-state index contributed by atoms with van der Waals surface area (Å²) in [6.45, 7) is 0. The van der Waals surface area contributed by atoms with Crippen molar-refractivity contribution in [2.24, 2.45) is 5.84 Å². The van der Waals surface area contributed by atoms with Crippen LogP contribution < -0.4 is 11.3 Å². The summed E-state index contributed by atoms with van der Waals surface area (Å²) in [6, 6.07) is 3.62. The molecule has 0 aromatic heterocycles. The Morgan fingerprint density at radius 1 is 1.42 bits per heavy atom. The third-order valence-corrected chi connectivity index (χ3v) is 1.43. The normalized spacial score (nSPS) is 10.3. The molecule has 0 saturated carbocycles. The molecule has 0 amide bonds. The summed E-state index contributed by atoms with van der Waals surface area (Å²) in [5.41, 5.74) is 2.22. The fourth-order valence-corrected chi connectivity index (χ4v) is 0.818. The van der Waals surface area contributed by atoms with Gasteiger partial charge in [0.15, 0.2) is 0 Å². The molecule has 3 nitrogen and oxygen atoms in total. The van der Waals surface area contributed by atoms with E-state index in [0.29, 0.717) is 5.69 Å². The first-order chi connectivity index (χ1) is 5.65. The van der Waals surface area contributed by atoms with E-state index in [1.807, 2.05) is 0 Å². The summed E-state index contributed by atoms with van der Waals surface area (Å²) in [5.74, 6) is 4.54. The molecule has 12 heavy (non-hydrogen) atoms. The molecule has 0 heterocycles. The number of nitrogen functional groups attached to an aromatic ring is 1. The van der Waals surface area contributed by atoms with Crippen molar-refractivity contribution >= 4 is 5.69 Å².